The van der Waals surface area contributed by atoms with Crippen molar-refractivity contribution >= 4 is 23.4 Å². The summed E-state index contributed by atoms with van der Waals surface area (Å²) < 4.78 is 0. The fourth-order valence-electron chi connectivity index (χ4n) is 13.3. The number of fused-ring (bicyclic) bond motifs is 10. The van der Waals surface area contributed by atoms with Gasteiger partial charge in [0.25, 0.3) is 0 Å². The number of rotatable bonds is 0. The maximum atomic E-state index is 12.5. The summed E-state index contributed by atoms with van der Waals surface area (Å²) in [6.07, 6.45) is 17.7. The first kappa shape index (κ1) is 33.3. The molecule has 0 aromatic carbocycles. The first-order valence-electron chi connectivity index (χ1n) is 19.1. The summed E-state index contributed by atoms with van der Waals surface area (Å²) in [4.78, 5) is 53.4. The minimum atomic E-state index is -0.0597. The normalized spacial score (nSPS) is 47.5. The lowest BCUT2D eigenvalue weighted by Gasteiger charge is -2.57. The van der Waals surface area contributed by atoms with Gasteiger partial charge in [-0.25, -0.2) is 0 Å². The highest BCUT2D eigenvalue weighted by molar-refractivity contribution is 5.90. The van der Waals surface area contributed by atoms with Crippen molar-refractivity contribution in [3.63, 3.8) is 0 Å². The van der Waals surface area contributed by atoms with E-state index in [4.69, 9.17) is 0 Å². The van der Waals surface area contributed by atoms with E-state index in [1.165, 1.54) is 17.6 Å². The van der Waals surface area contributed by atoms with E-state index in [0.717, 1.165) is 90.1 Å². The number of amides is 2. The van der Waals surface area contributed by atoms with Gasteiger partial charge in [0, 0.05) is 63.0 Å². The number of carbonyl (C=O) groups is 4. The quantitative estimate of drug-likeness (QED) is 0.275. The van der Waals surface area contributed by atoms with Crippen LogP contribution in [0.1, 0.15) is 118 Å². The molecule has 11 unspecified atom stereocenters. The standard InChI is InChI=1S/C21H31NO2.C20H29NO2/c1-13-11-14-15-5-6-18(23)21(15,3)8-7-16(14)20(2)9-10-22(4)19(24)12-17(13)20;1-19-10-11-21(3)18(23)12-13(19)4-5-14-15-6-7-17(22)20(15,2)9-8-16(14)19/h12-16H,5-11H2,1-4H3;12,14-16H,4-11H2,1-3H3. The molecule has 0 aromatic heterocycles. The lowest BCUT2D eigenvalue weighted by molar-refractivity contribution is -0.133. The van der Waals surface area contributed by atoms with Crippen molar-refractivity contribution in [3.8, 4) is 0 Å². The van der Waals surface area contributed by atoms with Gasteiger partial charge >= 0.3 is 0 Å². The lowest BCUT2D eigenvalue weighted by Crippen LogP contribution is -2.51. The van der Waals surface area contributed by atoms with Crippen LogP contribution in [-0.2, 0) is 19.2 Å². The molecule has 0 radical (unpaired) electrons. The van der Waals surface area contributed by atoms with Gasteiger partial charge in [-0.2, -0.15) is 0 Å². The summed E-state index contributed by atoms with van der Waals surface area (Å²) in [6, 6.07) is 0. The second-order valence-electron chi connectivity index (χ2n) is 18.4. The van der Waals surface area contributed by atoms with Gasteiger partial charge in [0.15, 0.2) is 0 Å². The molecular formula is C41H60N2O4. The minimum Gasteiger partial charge on any atom is -0.342 e. The number of hydrogen-bond donors (Lipinski definition) is 0. The summed E-state index contributed by atoms with van der Waals surface area (Å²) in [5.41, 5.74) is 2.98. The lowest BCUT2D eigenvalue weighted by atomic mass is 9.47. The minimum absolute atomic E-state index is 0.0456. The van der Waals surface area contributed by atoms with Crippen LogP contribution in [0.25, 0.3) is 0 Å². The van der Waals surface area contributed by atoms with Crippen LogP contribution in [-0.4, -0.2) is 60.4 Å². The number of allylic oxidation sites excluding steroid dienone is 2. The van der Waals surface area contributed by atoms with Gasteiger partial charge < -0.3 is 9.80 Å². The monoisotopic (exact) mass is 644 g/mol. The average Bonchev–Trinajstić information content (AvgIpc) is 3.43. The third kappa shape index (κ3) is 4.90. The highest BCUT2D eigenvalue weighted by Gasteiger charge is 2.61. The van der Waals surface area contributed by atoms with E-state index in [2.05, 4.69) is 34.6 Å². The molecule has 0 N–H and O–H groups in total. The van der Waals surface area contributed by atoms with Crippen LogP contribution in [0.2, 0.25) is 0 Å². The van der Waals surface area contributed by atoms with Gasteiger partial charge in [-0.1, -0.05) is 45.8 Å². The van der Waals surface area contributed by atoms with E-state index in [0.29, 0.717) is 53.0 Å². The fourth-order valence-corrected chi connectivity index (χ4v) is 13.3. The predicted octanol–water partition coefficient (Wildman–Crippen LogP) is 7.42. The molecule has 2 amide bonds. The Hall–Kier alpha value is -2.24. The molecule has 6 saturated carbocycles. The molecule has 0 aromatic rings. The average molecular weight is 645 g/mol. The third-order valence-electron chi connectivity index (χ3n) is 16.5. The summed E-state index contributed by atoms with van der Waals surface area (Å²) in [6.45, 7) is 13.3. The van der Waals surface area contributed by atoms with Crippen LogP contribution in [0.15, 0.2) is 23.3 Å². The van der Waals surface area contributed by atoms with E-state index in [1.54, 1.807) is 0 Å². The van der Waals surface area contributed by atoms with Gasteiger partial charge in [0.05, 0.1) is 0 Å². The van der Waals surface area contributed by atoms with Crippen molar-refractivity contribution < 1.29 is 19.2 Å². The second kappa shape index (κ2) is 11.4. The number of likely N-dealkylation sites (N-methyl/N-ethyl adjacent to an activating group) is 2. The van der Waals surface area contributed by atoms with Crippen LogP contribution in [0.5, 0.6) is 0 Å². The van der Waals surface area contributed by atoms with Gasteiger partial charge in [0.1, 0.15) is 11.6 Å². The van der Waals surface area contributed by atoms with Crippen LogP contribution >= 0.6 is 0 Å². The van der Waals surface area contributed by atoms with E-state index in [1.807, 2.05) is 36.0 Å². The number of nitrogens with zero attached hydrogens (tertiary/aromatic N) is 2. The summed E-state index contributed by atoms with van der Waals surface area (Å²) in [5.74, 6) is 5.65. The zero-order valence-electron chi connectivity index (χ0n) is 30.3. The number of Topliss-reactive ketones (excluding diaryl/α,β-unsaturated/α-hetero) is 2. The maximum Gasteiger partial charge on any atom is 0.246 e. The molecule has 6 heteroatoms. The maximum absolute atomic E-state index is 12.5. The summed E-state index contributed by atoms with van der Waals surface area (Å²) in [5, 5.41) is 0. The number of carbonyl (C=O) groups excluding carboxylic acids is 4. The third-order valence-corrected chi connectivity index (χ3v) is 16.5. The zero-order valence-corrected chi connectivity index (χ0v) is 30.3. The number of hydrogen-bond acceptors (Lipinski definition) is 4. The molecule has 2 aliphatic heterocycles. The summed E-state index contributed by atoms with van der Waals surface area (Å²) >= 11 is 0. The van der Waals surface area contributed by atoms with Crippen molar-refractivity contribution in [1.82, 2.24) is 9.80 Å². The Bertz CT molecular complexity index is 1430. The van der Waals surface area contributed by atoms with E-state index >= 15 is 0 Å². The van der Waals surface area contributed by atoms with E-state index in [-0.39, 0.29) is 33.5 Å². The molecule has 6 nitrogen and oxygen atoms in total. The van der Waals surface area contributed by atoms with Crippen molar-refractivity contribution in [3.05, 3.63) is 23.3 Å². The Balaban J connectivity index is 0.000000150. The Kier molecular flexibility index (Phi) is 8.07. The molecule has 11 atom stereocenters. The van der Waals surface area contributed by atoms with Gasteiger partial charge in [0.2, 0.25) is 11.8 Å². The molecule has 0 saturated heterocycles. The zero-order chi connectivity index (χ0) is 33.7. The fraction of sp³-hybridized carbons (Fsp3) is 0.805. The van der Waals surface area contributed by atoms with Crippen LogP contribution in [0, 0.1) is 63.1 Å². The molecule has 6 aliphatic carbocycles. The predicted molar refractivity (Wildman–Crippen MR) is 184 cm³/mol. The van der Waals surface area contributed by atoms with Crippen LogP contribution < -0.4 is 0 Å². The smallest absolute Gasteiger partial charge is 0.246 e. The Labute approximate surface area is 283 Å². The SMILES string of the molecule is CC1CC2C3CCC(=O)C3(C)CCC2C2(C)CCN(C)C(=O)C=C12.CN1CCC2(C)C(=CC1=O)CCC1C3CCC(=O)C3(C)CCC12. The topological polar surface area (TPSA) is 74.8 Å². The second-order valence-corrected chi connectivity index (χ2v) is 18.4. The van der Waals surface area contributed by atoms with E-state index < -0.39 is 0 Å². The summed E-state index contributed by atoms with van der Waals surface area (Å²) in [7, 11) is 3.85. The molecule has 0 bridgehead atoms. The first-order valence-corrected chi connectivity index (χ1v) is 19.1. The van der Waals surface area contributed by atoms with Gasteiger partial charge in [-0.15, -0.1) is 0 Å². The molecular weight excluding hydrogens is 584 g/mol. The number of ketones is 2. The van der Waals surface area contributed by atoms with Crippen molar-refractivity contribution in [2.75, 3.05) is 27.2 Å². The molecule has 0 spiro atoms. The van der Waals surface area contributed by atoms with Crippen molar-refractivity contribution in [1.29, 1.82) is 0 Å². The van der Waals surface area contributed by atoms with Crippen molar-refractivity contribution in [2.24, 2.45) is 63.1 Å². The largest absolute Gasteiger partial charge is 0.342 e. The molecule has 258 valence electrons. The molecule has 47 heavy (non-hydrogen) atoms. The van der Waals surface area contributed by atoms with Gasteiger partial charge in [-0.3, -0.25) is 19.2 Å². The molecule has 8 aliphatic rings. The first-order chi connectivity index (χ1) is 22.1. The van der Waals surface area contributed by atoms with E-state index in [9.17, 15) is 19.2 Å². The highest BCUT2D eigenvalue weighted by atomic mass is 16.2. The molecule has 6 fully saturated rings. The Morgan fingerprint density at radius 2 is 1.06 bits per heavy atom. The van der Waals surface area contributed by atoms with Crippen LogP contribution in [0.4, 0.5) is 0 Å². The van der Waals surface area contributed by atoms with Crippen molar-refractivity contribution in [2.45, 2.75) is 118 Å². The van der Waals surface area contributed by atoms with Crippen LogP contribution in [0.3, 0.4) is 0 Å². The Morgan fingerprint density at radius 3 is 1.66 bits per heavy atom. The highest BCUT2D eigenvalue weighted by Crippen LogP contribution is 2.66. The Morgan fingerprint density at radius 1 is 0.574 bits per heavy atom. The molecule has 2 heterocycles. The molecule has 8 rings (SSSR count). The van der Waals surface area contributed by atoms with Gasteiger partial charge in [-0.05, 0) is 123 Å².